The van der Waals surface area contributed by atoms with E-state index in [9.17, 15) is 9.18 Å². The average Bonchev–Trinajstić information content (AvgIpc) is 2.56. The van der Waals surface area contributed by atoms with Crippen molar-refractivity contribution in [3.8, 4) is 22.4 Å². The Hall–Kier alpha value is -3.02. The van der Waals surface area contributed by atoms with Gasteiger partial charge < -0.3 is 10.3 Å². The normalized spacial score (nSPS) is 11.0. The third kappa shape index (κ3) is 3.03. The second-order valence-electron chi connectivity index (χ2n) is 5.75. The third-order valence-corrected chi connectivity index (χ3v) is 3.73. The molecule has 2 aromatic heterocycles. The van der Waals surface area contributed by atoms with Crippen LogP contribution in [0.5, 0.6) is 0 Å². The van der Waals surface area contributed by atoms with Crippen LogP contribution in [0.15, 0.2) is 53.6 Å². The molecule has 6 heteroatoms. The van der Waals surface area contributed by atoms with Crippen molar-refractivity contribution in [2.24, 2.45) is 0 Å². The molecule has 0 aliphatic heterocycles. The van der Waals surface area contributed by atoms with Crippen LogP contribution in [0.4, 0.5) is 10.3 Å². The molecular weight excluding hydrogens is 307 g/mol. The summed E-state index contributed by atoms with van der Waals surface area (Å²) >= 11 is 0. The van der Waals surface area contributed by atoms with Crippen molar-refractivity contribution in [1.29, 1.82) is 0 Å². The molecule has 0 bridgehead atoms. The van der Waals surface area contributed by atoms with E-state index in [1.54, 1.807) is 35.2 Å². The maximum Gasteiger partial charge on any atom is 0.250 e. The predicted molar refractivity (Wildman–Crippen MR) is 91.9 cm³/mol. The number of nitrogens with zero attached hydrogens (tertiary/aromatic N) is 3. The van der Waals surface area contributed by atoms with Gasteiger partial charge in [-0.3, -0.25) is 4.79 Å². The molecule has 0 saturated heterocycles. The van der Waals surface area contributed by atoms with E-state index in [-0.39, 0.29) is 23.4 Å². The molecule has 0 fully saturated rings. The van der Waals surface area contributed by atoms with Gasteiger partial charge in [-0.25, -0.2) is 14.4 Å². The zero-order valence-corrected chi connectivity index (χ0v) is 13.4. The van der Waals surface area contributed by atoms with Gasteiger partial charge in [-0.15, -0.1) is 0 Å². The molecule has 0 spiro atoms. The van der Waals surface area contributed by atoms with Gasteiger partial charge in [-0.05, 0) is 44.2 Å². The van der Waals surface area contributed by atoms with Crippen LogP contribution >= 0.6 is 0 Å². The lowest BCUT2D eigenvalue weighted by Crippen LogP contribution is -2.20. The van der Waals surface area contributed by atoms with Crippen LogP contribution in [-0.2, 0) is 0 Å². The molecule has 0 unspecified atom stereocenters. The lowest BCUT2D eigenvalue weighted by atomic mass is 10.0. The van der Waals surface area contributed by atoms with Gasteiger partial charge in [0, 0.05) is 41.2 Å². The van der Waals surface area contributed by atoms with Gasteiger partial charge in [0.15, 0.2) is 0 Å². The van der Waals surface area contributed by atoms with Crippen molar-refractivity contribution in [2.45, 2.75) is 19.9 Å². The van der Waals surface area contributed by atoms with Crippen LogP contribution < -0.4 is 11.3 Å². The molecule has 0 atom stereocenters. The SMILES string of the molecule is CC(C)n1cc(-c2cnc(N)nc2-c2ccc(F)cc2)ccc1=O. The summed E-state index contributed by atoms with van der Waals surface area (Å²) in [5.41, 5.74) is 8.49. The maximum atomic E-state index is 13.2. The Morgan fingerprint density at radius 1 is 1.08 bits per heavy atom. The van der Waals surface area contributed by atoms with Crippen LogP contribution in [0.3, 0.4) is 0 Å². The number of halogens is 1. The molecule has 5 nitrogen and oxygen atoms in total. The molecule has 0 saturated carbocycles. The van der Waals surface area contributed by atoms with Crippen LogP contribution in [0.2, 0.25) is 0 Å². The van der Waals surface area contributed by atoms with Crippen molar-refractivity contribution in [3.05, 3.63) is 65.0 Å². The Bertz CT molecular complexity index is 932. The van der Waals surface area contributed by atoms with Crippen LogP contribution in [-0.4, -0.2) is 14.5 Å². The van der Waals surface area contributed by atoms with Crippen molar-refractivity contribution < 1.29 is 4.39 Å². The summed E-state index contributed by atoms with van der Waals surface area (Å²) in [4.78, 5) is 20.3. The maximum absolute atomic E-state index is 13.2. The molecule has 0 amide bonds. The lowest BCUT2D eigenvalue weighted by Gasteiger charge is -2.14. The minimum Gasteiger partial charge on any atom is -0.368 e. The van der Waals surface area contributed by atoms with E-state index in [1.807, 2.05) is 13.8 Å². The van der Waals surface area contributed by atoms with E-state index in [2.05, 4.69) is 9.97 Å². The van der Waals surface area contributed by atoms with Gasteiger partial charge in [-0.1, -0.05) is 0 Å². The molecule has 0 aliphatic rings. The number of pyridine rings is 1. The molecule has 122 valence electrons. The molecule has 2 N–H and O–H groups in total. The highest BCUT2D eigenvalue weighted by Gasteiger charge is 2.13. The molecule has 0 radical (unpaired) electrons. The number of nitrogens with two attached hydrogens (primary N) is 1. The summed E-state index contributed by atoms with van der Waals surface area (Å²) in [7, 11) is 0. The summed E-state index contributed by atoms with van der Waals surface area (Å²) in [5.74, 6) is -0.189. The van der Waals surface area contributed by atoms with E-state index >= 15 is 0 Å². The first kappa shape index (κ1) is 15.9. The quantitative estimate of drug-likeness (QED) is 0.802. The monoisotopic (exact) mass is 324 g/mol. The van der Waals surface area contributed by atoms with Crippen LogP contribution in [0.25, 0.3) is 22.4 Å². The summed E-state index contributed by atoms with van der Waals surface area (Å²) < 4.78 is 14.8. The first-order chi connectivity index (χ1) is 11.5. The minimum absolute atomic E-state index is 0.0291. The summed E-state index contributed by atoms with van der Waals surface area (Å²) in [6.45, 7) is 3.87. The van der Waals surface area contributed by atoms with Gasteiger partial charge in [0.05, 0.1) is 5.69 Å². The van der Waals surface area contributed by atoms with Gasteiger partial charge in [-0.2, -0.15) is 0 Å². The topological polar surface area (TPSA) is 73.8 Å². The Balaban J connectivity index is 2.20. The Kier molecular flexibility index (Phi) is 4.12. The fourth-order valence-electron chi connectivity index (χ4n) is 2.50. The van der Waals surface area contributed by atoms with E-state index in [0.717, 1.165) is 16.7 Å². The molecule has 1 aromatic carbocycles. The van der Waals surface area contributed by atoms with E-state index in [1.165, 1.54) is 18.2 Å². The van der Waals surface area contributed by atoms with E-state index in [0.29, 0.717) is 5.69 Å². The second kappa shape index (κ2) is 6.23. The Labute approximate surface area is 138 Å². The highest BCUT2D eigenvalue weighted by molar-refractivity contribution is 5.80. The lowest BCUT2D eigenvalue weighted by molar-refractivity contribution is 0.579. The van der Waals surface area contributed by atoms with Gasteiger partial charge >= 0.3 is 0 Å². The largest absolute Gasteiger partial charge is 0.368 e. The molecule has 2 heterocycles. The van der Waals surface area contributed by atoms with Crippen LogP contribution in [0, 0.1) is 5.82 Å². The second-order valence-corrected chi connectivity index (χ2v) is 5.75. The summed E-state index contributed by atoms with van der Waals surface area (Å²) in [6.07, 6.45) is 3.39. The van der Waals surface area contributed by atoms with Crippen molar-refractivity contribution >= 4 is 5.95 Å². The highest BCUT2D eigenvalue weighted by atomic mass is 19.1. The van der Waals surface area contributed by atoms with Crippen molar-refractivity contribution in [3.63, 3.8) is 0 Å². The van der Waals surface area contributed by atoms with E-state index in [4.69, 9.17) is 5.73 Å². The predicted octanol–water partition coefficient (Wildman–Crippen LogP) is 3.27. The van der Waals surface area contributed by atoms with Crippen LogP contribution in [0.1, 0.15) is 19.9 Å². The molecule has 3 rings (SSSR count). The fourth-order valence-corrected chi connectivity index (χ4v) is 2.50. The first-order valence-electron chi connectivity index (χ1n) is 7.56. The number of nitrogen functional groups attached to an aromatic ring is 1. The molecule has 0 aliphatic carbocycles. The molecule has 24 heavy (non-hydrogen) atoms. The number of aromatic nitrogens is 3. The van der Waals surface area contributed by atoms with Crippen molar-refractivity contribution in [2.75, 3.05) is 5.73 Å². The average molecular weight is 324 g/mol. The summed E-state index contributed by atoms with van der Waals surface area (Å²) in [6, 6.07) is 9.28. The van der Waals surface area contributed by atoms with Gasteiger partial charge in [0.2, 0.25) is 5.95 Å². The number of rotatable bonds is 3. The van der Waals surface area contributed by atoms with E-state index < -0.39 is 0 Å². The van der Waals surface area contributed by atoms with Crippen molar-refractivity contribution in [1.82, 2.24) is 14.5 Å². The molecular formula is C18H17FN4O. The number of hydrogen-bond acceptors (Lipinski definition) is 4. The first-order valence-corrected chi connectivity index (χ1v) is 7.56. The Morgan fingerprint density at radius 3 is 2.42 bits per heavy atom. The zero-order valence-electron chi connectivity index (χ0n) is 13.4. The number of benzene rings is 1. The number of anilines is 1. The zero-order chi connectivity index (χ0) is 17.3. The highest BCUT2D eigenvalue weighted by Crippen LogP contribution is 2.30. The minimum atomic E-state index is -0.323. The van der Waals surface area contributed by atoms with Gasteiger partial charge in [0.1, 0.15) is 5.82 Å². The molecule has 3 aromatic rings. The smallest absolute Gasteiger partial charge is 0.250 e. The summed E-state index contributed by atoms with van der Waals surface area (Å²) in [5, 5.41) is 0. The fraction of sp³-hybridized carbons (Fsp3) is 0.167. The standard InChI is InChI=1S/C18H17FN4O/c1-11(2)23-10-13(5-8-16(23)24)15-9-21-18(20)22-17(15)12-3-6-14(19)7-4-12/h3-11H,1-2H3,(H2,20,21,22). The third-order valence-electron chi connectivity index (χ3n) is 3.73. The number of hydrogen-bond donors (Lipinski definition) is 1. The Morgan fingerprint density at radius 2 is 1.75 bits per heavy atom. The van der Waals surface area contributed by atoms with Gasteiger partial charge in [0.25, 0.3) is 5.56 Å².